The molecule has 0 atom stereocenters. The molecule has 0 fully saturated rings. The van der Waals surface area contributed by atoms with Crippen LogP contribution in [-0.2, 0) is 17.9 Å². The predicted molar refractivity (Wildman–Crippen MR) is 81.1 cm³/mol. The highest BCUT2D eigenvalue weighted by Gasteiger charge is 2.04. The van der Waals surface area contributed by atoms with Crippen LogP contribution in [0.2, 0.25) is 0 Å². The van der Waals surface area contributed by atoms with Crippen LogP contribution in [-0.4, -0.2) is 10.5 Å². The molecule has 20 heavy (non-hydrogen) atoms. The largest absolute Gasteiger partial charge is 0.398 e. The number of hydrogen-bond acceptors (Lipinski definition) is 3. The van der Waals surface area contributed by atoms with Crippen molar-refractivity contribution < 1.29 is 4.79 Å². The van der Waals surface area contributed by atoms with Gasteiger partial charge in [0.2, 0.25) is 5.91 Å². The van der Waals surface area contributed by atoms with Crippen LogP contribution in [0.5, 0.6) is 0 Å². The molecule has 0 spiro atoms. The summed E-state index contributed by atoms with van der Waals surface area (Å²) in [6, 6.07) is 10.5. The first-order valence-electron chi connectivity index (χ1n) is 6.02. The van der Waals surface area contributed by atoms with Gasteiger partial charge in [0.25, 0.3) is 5.56 Å². The minimum atomic E-state index is -0.253. The Balaban J connectivity index is 1.96. The first-order valence-corrected chi connectivity index (χ1v) is 6.81. The number of rotatable bonds is 4. The smallest absolute Gasteiger partial charge is 0.251 e. The van der Waals surface area contributed by atoms with Crippen LogP contribution in [0, 0.1) is 0 Å². The number of aromatic nitrogens is 1. The molecule has 104 valence electrons. The monoisotopic (exact) mass is 335 g/mol. The number of carbonyl (C=O) groups excluding carboxylic acids is 1. The molecule has 1 heterocycles. The van der Waals surface area contributed by atoms with Crippen LogP contribution in [0.3, 0.4) is 0 Å². The van der Waals surface area contributed by atoms with Crippen molar-refractivity contribution in [3.8, 4) is 0 Å². The van der Waals surface area contributed by atoms with Crippen LogP contribution in [0.15, 0.2) is 51.9 Å². The number of nitrogens with zero attached hydrogens (tertiary/aromatic N) is 1. The molecular formula is C14H14BrN3O2. The second-order valence-electron chi connectivity index (χ2n) is 4.34. The third-order valence-corrected chi connectivity index (χ3v) is 3.19. The molecule has 1 amide bonds. The highest BCUT2D eigenvalue weighted by Crippen LogP contribution is 2.11. The summed E-state index contributed by atoms with van der Waals surface area (Å²) in [6.07, 6.45) is 1.46. The molecule has 0 unspecified atom stereocenters. The fraction of sp³-hybridized carbons (Fsp3) is 0.143. The molecule has 3 N–H and O–H groups in total. The van der Waals surface area contributed by atoms with Gasteiger partial charge >= 0.3 is 0 Å². The molecule has 1 aromatic heterocycles. The topological polar surface area (TPSA) is 77.1 Å². The molecule has 0 radical (unpaired) electrons. The predicted octanol–water partition coefficient (Wildman–Crippen LogP) is 1.51. The summed E-state index contributed by atoms with van der Waals surface area (Å²) in [5.74, 6) is -0.238. The lowest BCUT2D eigenvalue weighted by Crippen LogP contribution is -2.31. The first-order chi connectivity index (χ1) is 9.54. The summed E-state index contributed by atoms with van der Waals surface area (Å²) in [5.41, 5.74) is 6.76. The van der Waals surface area contributed by atoms with E-state index in [1.807, 2.05) is 24.3 Å². The second-order valence-corrected chi connectivity index (χ2v) is 5.25. The standard InChI is InChI=1S/C14H14BrN3O2/c15-11-3-1-2-10(6-11)7-17-13(19)9-18-8-12(16)4-5-14(18)20/h1-6,8H,7,9,16H2,(H,17,19). The number of carbonyl (C=O) groups is 1. The first kappa shape index (κ1) is 14.3. The summed E-state index contributed by atoms with van der Waals surface area (Å²) in [4.78, 5) is 23.4. The lowest BCUT2D eigenvalue weighted by Gasteiger charge is -2.08. The van der Waals surface area contributed by atoms with Gasteiger partial charge < -0.3 is 15.6 Å². The van der Waals surface area contributed by atoms with E-state index >= 15 is 0 Å². The van der Waals surface area contributed by atoms with E-state index in [0.717, 1.165) is 10.0 Å². The Morgan fingerprint density at radius 3 is 2.85 bits per heavy atom. The van der Waals surface area contributed by atoms with Crippen LogP contribution in [0.4, 0.5) is 5.69 Å². The zero-order valence-corrected chi connectivity index (χ0v) is 12.3. The minimum absolute atomic E-state index is 0.0438. The number of nitrogen functional groups attached to an aromatic ring is 1. The van der Waals surface area contributed by atoms with Crippen molar-refractivity contribution in [2.75, 3.05) is 5.73 Å². The number of hydrogen-bond donors (Lipinski definition) is 2. The average molecular weight is 336 g/mol. The number of nitrogens with one attached hydrogen (secondary N) is 1. The van der Waals surface area contributed by atoms with E-state index < -0.39 is 0 Å². The average Bonchev–Trinajstić information content (AvgIpc) is 2.41. The van der Waals surface area contributed by atoms with Gasteiger partial charge in [-0.3, -0.25) is 9.59 Å². The maximum Gasteiger partial charge on any atom is 0.251 e. The SMILES string of the molecule is Nc1ccc(=O)n(CC(=O)NCc2cccc(Br)c2)c1. The molecule has 0 bridgehead atoms. The van der Waals surface area contributed by atoms with Crippen molar-refractivity contribution in [2.45, 2.75) is 13.1 Å². The number of benzene rings is 1. The summed E-state index contributed by atoms with van der Waals surface area (Å²) in [5, 5.41) is 2.76. The highest BCUT2D eigenvalue weighted by atomic mass is 79.9. The summed E-state index contributed by atoms with van der Waals surface area (Å²) in [6.45, 7) is 0.368. The number of amides is 1. The molecular weight excluding hydrogens is 322 g/mol. The third kappa shape index (κ3) is 3.96. The van der Waals surface area contributed by atoms with Crippen LogP contribution >= 0.6 is 15.9 Å². The van der Waals surface area contributed by atoms with Crippen LogP contribution in [0.25, 0.3) is 0 Å². The van der Waals surface area contributed by atoms with Gasteiger partial charge in [-0.1, -0.05) is 28.1 Å². The van der Waals surface area contributed by atoms with Gasteiger partial charge in [-0.15, -0.1) is 0 Å². The summed E-state index contributed by atoms with van der Waals surface area (Å²) < 4.78 is 2.24. The van der Waals surface area contributed by atoms with Crippen molar-refractivity contribution in [3.05, 3.63) is 63.0 Å². The maximum atomic E-state index is 11.8. The van der Waals surface area contributed by atoms with Crippen molar-refractivity contribution in [1.29, 1.82) is 0 Å². The van der Waals surface area contributed by atoms with Crippen molar-refractivity contribution in [2.24, 2.45) is 0 Å². The van der Waals surface area contributed by atoms with Crippen molar-refractivity contribution in [3.63, 3.8) is 0 Å². The van der Waals surface area contributed by atoms with E-state index in [9.17, 15) is 9.59 Å². The van der Waals surface area contributed by atoms with Gasteiger partial charge in [0.1, 0.15) is 6.54 Å². The zero-order chi connectivity index (χ0) is 14.5. The Morgan fingerprint density at radius 1 is 1.30 bits per heavy atom. The molecule has 1 aromatic carbocycles. The Bertz CT molecular complexity index is 682. The lowest BCUT2D eigenvalue weighted by atomic mass is 10.2. The molecule has 2 rings (SSSR count). The Hall–Kier alpha value is -2.08. The van der Waals surface area contributed by atoms with Gasteiger partial charge in [-0.2, -0.15) is 0 Å². The van der Waals surface area contributed by atoms with Crippen LogP contribution < -0.4 is 16.6 Å². The minimum Gasteiger partial charge on any atom is -0.398 e. The van der Waals surface area contributed by atoms with Crippen molar-refractivity contribution in [1.82, 2.24) is 9.88 Å². The Labute approximate surface area is 124 Å². The Morgan fingerprint density at radius 2 is 2.10 bits per heavy atom. The van der Waals surface area contributed by atoms with Crippen LogP contribution in [0.1, 0.15) is 5.56 Å². The number of pyridine rings is 1. The second kappa shape index (κ2) is 6.38. The molecule has 5 nitrogen and oxygen atoms in total. The molecule has 2 aromatic rings. The fourth-order valence-electron chi connectivity index (χ4n) is 1.73. The Kier molecular flexibility index (Phi) is 4.57. The third-order valence-electron chi connectivity index (χ3n) is 2.70. The number of nitrogens with two attached hydrogens (primary N) is 1. The van der Waals surface area contributed by atoms with Gasteiger partial charge in [-0.25, -0.2) is 0 Å². The quantitative estimate of drug-likeness (QED) is 0.889. The van der Waals surface area contributed by atoms with Gasteiger partial charge in [0, 0.05) is 29.0 Å². The van der Waals surface area contributed by atoms with E-state index in [-0.39, 0.29) is 18.0 Å². The normalized spacial score (nSPS) is 10.2. The fourth-order valence-corrected chi connectivity index (χ4v) is 2.18. The van der Waals surface area contributed by atoms with Crippen molar-refractivity contribution >= 4 is 27.5 Å². The molecule has 0 aliphatic carbocycles. The summed E-state index contributed by atoms with van der Waals surface area (Å²) >= 11 is 3.37. The van der Waals surface area contributed by atoms with Gasteiger partial charge in [-0.05, 0) is 23.8 Å². The molecule has 0 aliphatic heterocycles. The van der Waals surface area contributed by atoms with Gasteiger partial charge in [0.05, 0.1) is 0 Å². The lowest BCUT2D eigenvalue weighted by molar-refractivity contribution is -0.121. The molecule has 0 saturated carbocycles. The van der Waals surface area contributed by atoms with E-state index in [0.29, 0.717) is 12.2 Å². The van der Waals surface area contributed by atoms with E-state index in [1.54, 1.807) is 0 Å². The number of halogens is 1. The summed E-state index contributed by atoms with van der Waals surface area (Å²) in [7, 11) is 0. The molecule has 0 aliphatic rings. The van der Waals surface area contributed by atoms with E-state index in [4.69, 9.17) is 5.73 Å². The molecule has 0 saturated heterocycles. The van der Waals surface area contributed by atoms with E-state index in [1.165, 1.54) is 22.9 Å². The van der Waals surface area contributed by atoms with E-state index in [2.05, 4.69) is 21.2 Å². The number of anilines is 1. The van der Waals surface area contributed by atoms with Gasteiger partial charge in [0.15, 0.2) is 0 Å². The molecule has 6 heteroatoms. The highest BCUT2D eigenvalue weighted by molar-refractivity contribution is 9.10. The maximum absolute atomic E-state index is 11.8. The zero-order valence-electron chi connectivity index (χ0n) is 10.7.